The van der Waals surface area contributed by atoms with E-state index in [0.29, 0.717) is 25.7 Å². The van der Waals surface area contributed by atoms with Gasteiger partial charge >= 0.3 is 33.6 Å². The summed E-state index contributed by atoms with van der Waals surface area (Å²) in [5, 5.41) is 20.5. The zero-order chi connectivity index (χ0) is 65.3. The normalized spacial score (nSPS) is 15.2. The van der Waals surface area contributed by atoms with E-state index < -0.39 is 91.5 Å². The van der Waals surface area contributed by atoms with Crippen molar-refractivity contribution in [1.29, 1.82) is 0 Å². The number of hydrogen-bond acceptors (Lipinski definition) is 14. The van der Waals surface area contributed by atoms with Crippen LogP contribution in [0.4, 0.5) is 0 Å². The van der Waals surface area contributed by atoms with E-state index in [9.17, 15) is 43.5 Å². The number of unbranched alkanes of at least 4 members (excludes halogenated alkanes) is 14. The highest BCUT2D eigenvalue weighted by atomic mass is 31.2. The zero-order valence-electron chi connectivity index (χ0n) is 54.5. The number of phosphoric acid groups is 2. The van der Waals surface area contributed by atoms with E-state index in [1.165, 1.54) is 38.5 Å². The van der Waals surface area contributed by atoms with Gasteiger partial charge in [0.15, 0.2) is 6.10 Å². The average Bonchev–Trinajstić information content (AvgIpc) is 3.54. The van der Waals surface area contributed by atoms with Crippen molar-refractivity contribution >= 4 is 33.6 Å². The van der Waals surface area contributed by atoms with Gasteiger partial charge in [-0.2, -0.15) is 0 Å². The Morgan fingerprint density at radius 2 is 0.618 bits per heavy atom. The van der Waals surface area contributed by atoms with Crippen molar-refractivity contribution in [3.05, 3.63) is 146 Å². The minimum absolute atomic E-state index is 0.0551. The Balaban J connectivity index is 4.81. The number of phosphoric ester groups is 2. The molecule has 0 spiro atoms. The fourth-order valence-electron chi connectivity index (χ4n) is 8.03. The summed E-state index contributed by atoms with van der Waals surface area (Å²) in [5.74, 6) is -1.72. The number of rotatable bonds is 61. The Labute approximate surface area is 537 Å². The third-order valence-electron chi connectivity index (χ3n) is 13.0. The Kier molecular flexibility index (Phi) is 60.3. The Morgan fingerprint density at radius 1 is 0.326 bits per heavy atom. The lowest BCUT2D eigenvalue weighted by atomic mass is 10.1. The van der Waals surface area contributed by atoms with Crippen molar-refractivity contribution in [2.24, 2.45) is 0 Å². The van der Waals surface area contributed by atoms with Gasteiger partial charge in [-0.15, -0.1) is 0 Å². The molecule has 0 radical (unpaired) electrons. The lowest BCUT2D eigenvalue weighted by molar-refractivity contribution is -0.161. The van der Waals surface area contributed by atoms with Crippen LogP contribution in [0, 0.1) is 0 Å². The van der Waals surface area contributed by atoms with E-state index in [-0.39, 0.29) is 19.3 Å². The molecule has 16 nitrogen and oxygen atoms in total. The highest BCUT2D eigenvalue weighted by molar-refractivity contribution is 7.47. The highest BCUT2D eigenvalue weighted by Crippen LogP contribution is 2.45. The molecule has 0 heterocycles. The molecule has 4 N–H and O–H groups in total. The third kappa shape index (κ3) is 64.8. The lowest BCUT2D eigenvalue weighted by Crippen LogP contribution is -2.30. The number of esters is 3. The topological polar surface area (TPSA) is 231 Å². The van der Waals surface area contributed by atoms with Crippen LogP contribution >= 0.6 is 15.6 Å². The number of allylic oxidation sites excluding steroid dienone is 24. The van der Waals surface area contributed by atoms with Gasteiger partial charge in [0.05, 0.1) is 26.4 Å². The molecule has 0 aliphatic rings. The molecule has 0 rings (SSSR count). The number of aliphatic hydroxyl groups is 2. The van der Waals surface area contributed by atoms with Gasteiger partial charge in [-0.05, 0) is 128 Å². The van der Waals surface area contributed by atoms with Crippen molar-refractivity contribution in [2.45, 2.75) is 245 Å². The molecule has 0 aromatic carbocycles. The van der Waals surface area contributed by atoms with Gasteiger partial charge in [0.2, 0.25) is 0 Å². The predicted octanol–water partition coefficient (Wildman–Crippen LogP) is 18.2. The van der Waals surface area contributed by atoms with Crippen molar-refractivity contribution in [2.75, 3.05) is 39.6 Å². The molecule has 5 atom stereocenters. The first-order valence-corrected chi connectivity index (χ1v) is 36.1. The van der Waals surface area contributed by atoms with Gasteiger partial charge in [-0.3, -0.25) is 32.5 Å². The Hall–Kier alpha value is -4.57. The zero-order valence-corrected chi connectivity index (χ0v) is 56.3. The SMILES string of the molecule is CC/C=C\C/C=C\C/C=C\C/C=C\C/C=C\C/C=C\CCC(=O)OCC(O)COP(=O)(O)OCC(O)COP(=O)(O)OCC(COC(=O)CCCCC/C=C\C/C=C\C/C=C\C/C=C\C/C=C\CC)OC(=O)CCCCCCC/C=C\CCCCCCCC. The summed E-state index contributed by atoms with van der Waals surface area (Å²) in [7, 11) is -9.82. The molecule has 18 heteroatoms. The molecule has 0 aromatic heterocycles. The van der Waals surface area contributed by atoms with Crippen molar-refractivity contribution in [1.82, 2.24) is 0 Å². The van der Waals surface area contributed by atoms with Crippen LogP contribution in [-0.4, -0.2) is 95.9 Å². The molecular weight excluding hydrogens is 1170 g/mol. The monoisotopic (exact) mass is 1290 g/mol. The number of carbonyl (C=O) groups is 3. The molecule has 0 fully saturated rings. The first-order valence-electron chi connectivity index (χ1n) is 33.1. The number of hydrogen-bond donors (Lipinski definition) is 4. The summed E-state index contributed by atoms with van der Waals surface area (Å²) in [6.07, 6.45) is 74.9. The van der Waals surface area contributed by atoms with Crippen molar-refractivity contribution in [3.8, 4) is 0 Å². The van der Waals surface area contributed by atoms with Crippen LogP contribution in [0.15, 0.2) is 146 Å². The second-order valence-corrected chi connectivity index (χ2v) is 24.4. The van der Waals surface area contributed by atoms with Gasteiger partial charge in [0, 0.05) is 19.3 Å². The van der Waals surface area contributed by atoms with Crippen LogP contribution in [0.1, 0.15) is 226 Å². The van der Waals surface area contributed by atoms with Gasteiger partial charge in [0.1, 0.15) is 25.4 Å². The minimum Gasteiger partial charge on any atom is -0.463 e. The molecular formula is C71H116O16P2. The summed E-state index contributed by atoms with van der Waals surface area (Å²) >= 11 is 0. The molecule has 89 heavy (non-hydrogen) atoms. The third-order valence-corrected chi connectivity index (χ3v) is 14.9. The lowest BCUT2D eigenvalue weighted by Gasteiger charge is -2.21. The van der Waals surface area contributed by atoms with Gasteiger partial charge in [-0.25, -0.2) is 9.13 Å². The molecule has 0 bridgehead atoms. The minimum atomic E-state index is -4.94. The van der Waals surface area contributed by atoms with E-state index in [2.05, 4.69) is 148 Å². The summed E-state index contributed by atoms with van der Waals surface area (Å²) in [6, 6.07) is 0. The smallest absolute Gasteiger partial charge is 0.463 e. The summed E-state index contributed by atoms with van der Waals surface area (Å²) < 4.78 is 60.7. The van der Waals surface area contributed by atoms with Crippen molar-refractivity contribution in [3.63, 3.8) is 0 Å². The first-order chi connectivity index (χ1) is 43.2. The molecule has 0 amide bonds. The molecule has 0 aliphatic carbocycles. The number of ether oxygens (including phenoxy) is 3. The number of carbonyl (C=O) groups excluding carboxylic acids is 3. The summed E-state index contributed by atoms with van der Waals surface area (Å²) in [6.45, 7) is 2.26. The van der Waals surface area contributed by atoms with E-state index in [0.717, 1.165) is 122 Å². The maximum atomic E-state index is 12.9. The maximum Gasteiger partial charge on any atom is 0.472 e. The molecule has 0 saturated heterocycles. The van der Waals surface area contributed by atoms with E-state index >= 15 is 0 Å². The van der Waals surface area contributed by atoms with E-state index in [1.54, 1.807) is 0 Å². The number of aliphatic hydroxyl groups excluding tert-OH is 2. The second kappa shape index (κ2) is 63.6. The van der Waals surface area contributed by atoms with Crippen LogP contribution in [0.3, 0.4) is 0 Å². The summed E-state index contributed by atoms with van der Waals surface area (Å²) in [5.41, 5.74) is 0. The molecule has 506 valence electrons. The molecule has 0 saturated carbocycles. The Bertz CT molecular complexity index is 2210. The maximum absolute atomic E-state index is 12.9. The van der Waals surface area contributed by atoms with Crippen LogP contribution in [0.25, 0.3) is 0 Å². The van der Waals surface area contributed by atoms with Crippen LogP contribution in [0.5, 0.6) is 0 Å². The second-order valence-electron chi connectivity index (χ2n) is 21.5. The van der Waals surface area contributed by atoms with E-state index in [4.69, 9.17) is 32.3 Å². The standard InChI is InChI=1S/C71H116O16P2/c1-4-7-10-13-16-19-22-25-28-30-32-34-37-39-42-45-48-51-54-57-69(74)81-60-66(72)61-83-88(77,78)84-62-67(73)63-85-89(79,80)86-65-68(87-71(76)59-56-53-50-47-44-41-36-27-24-21-18-15-12-9-6-3)64-82-70(75)58-55-52-49-46-43-40-38-35-33-31-29-26-23-20-17-14-11-8-5-2/h7-8,10-11,16-17,19-20,25-29,32-36,39-40,42-43,48,51,66-68,72-73H,4-6,9,12-15,18,21-24,30-31,37-38,41,44-47,49-50,52-65H2,1-3H3,(H,77,78)(H,79,80)/b10-7-,11-8-,19-16-,20-17-,28-25-,29-26-,34-32-,35-33-,36-27-,42-39-,43-40-,51-48-. The van der Waals surface area contributed by atoms with Gasteiger partial charge < -0.3 is 34.2 Å². The molecule has 5 unspecified atom stereocenters. The fourth-order valence-corrected chi connectivity index (χ4v) is 9.61. The van der Waals surface area contributed by atoms with Crippen LogP contribution in [0.2, 0.25) is 0 Å². The summed E-state index contributed by atoms with van der Waals surface area (Å²) in [4.78, 5) is 58.3. The Morgan fingerprint density at radius 3 is 1.03 bits per heavy atom. The average molecular weight is 1290 g/mol. The van der Waals surface area contributed by atoms with Crippen LogP contribution in [-0.2, 0) is 55.8 Å². The fraction of sp³-hybridized carbons (Fsp3) is 0.620. The van der Waals surface area contributed by atoms with Crippen molar-refractivity contribution < 1.29 is 75.8 Å². The predicted molar refractivity (Wildman–Crippen MR) is 362 cm³/mol. The molecule has 0 aromatic rings. The highest BCUT2D eigenvalue weighted by Gasteiger charge is 2.29. The van der Waals surface area contributed by atoms with Gasteiger partial charge in [0.25, 0.3) is 0 Å². The first kappa shape index (κ1) is 84.4. The largest absolute Gasteiger partial charge is 0.472 e. The molecule has 0 aliphatic heterocycles. The quantitative estimate of drug-likeness (QED) is 0.0146. The van der Waals surface area contributed by atoms with Crippen LogP contribution < -0.4 is 0 Å². The van der Waals surface area contributed by atoms with Gasteiger partial charge in [-0.1, -0.05) is 224 Å². The van der Waals surface area contributed by atoms with E-state index in [1.807, 2.05) is 18.2 Å².